The molecule has 0 radical (unpaired) electrons. The smallest absolute Gasteiger partial charge is 0.206 e. The van der Waals surface area contributed by atoms with Crippen LogP contribution in [0, 0.1) is 12.3 Å². The third-order valence-corrected chi connectivity index (χ3v) is 1.97. The number of aromatic nitrogens is 3. The molecular weight excluding hydrogens is 158 g/mol. The lowest BCUT2D eigenvalue weighted by Crippen LogP contribution is -1.86. The number of hydrogen-bond donors (Lipinski definition) is 0. The highest BCUT2D eigenvalue weighted by Gasteiger charge is 1.98. The van der Waals surface area contributed by atoms with Crippen LogP contribution in [0.15, 0.2) is 11.7 Å². The molecule has 4 heteroatoms. The summed E-state index contributed by atoms with van der Waals surface area (Å²) in [6.45, 7) is 0. The van der Waals surface area contributed by atoms with Crippen molar-refractivity contribution in [2.45, 2.75) is 0 Å². The van der Waals surface area contributed by atoms with Crippen LogP contribution in [0.2, 0.25) is 0 Å². The van der Waals surface area contributed by atoms with Gasteiger partial charge in [-0.15, -0.1) is 17.8 Å². The lowest BCUT2D eigenvalue weighted by Gasteiger charge is -1.86. The number of hydrogen-bond acceptors (Lipinski definition) is 4. The number of terminal acetylenes is 1. The maximum Gasteiger partial charge on any atom is 0.206 e. The summed E-state index contributed by atoms with van der Waals surface area (Å²) in [5, 5.41) is 0. The molecule has 0 aromatic carbocycles. The van der Waals surface area contributed by atoms with E-state index in [2.05, 4.69) is 20.9 Å². The zero-order valence-electron chi connectivity index (χ0n) is 5.48. The molecule has 11 heavy (non-hydrogen) atoms. The maximum atomic E-state index is 5.11. The second-order valence-corrected chi connectivity index (χ2v) is 2.76. The highest BCUT2D eigenvalue weighted by atomic mass is 32.1. The highest BCUT2D eigenvalue weighted by molar-refractivity contribution is 7.16. The lowest BCUT2D eigenvalue weighted by molar-refractivity contribution is 1.16. The van der Waals surface area contributed by atoms with E-state index in [-0.39, 0.29) is 0 Å². The SMILES string of the molecule is C#Cc1ncc2scnc2n1. The Balaban J connectivity index is 2.79. The Morgan fingerprint density at radius 1 is 1.45 bits per heavy atom. The largest absolute Gasteiger partial charge is 0.228 e. The van der Waals surface area contributed by atoms with E-state index in [1.165, 1.54) is 11.3 Å². The molecule has 0 aliphatic rings. The summed E-state index contributed by atoms with van der Waals surface area (Å²) in [4.78, 5) is 11.9. The molecule has 2 heterocycles. The minimum atomic E-state index is 0.392. The van der Waals surface area contributed by atoms with Crippen LogP contribution in [0.1, 0.15) is 5.82 Å². The summed E-state index contributed by atoms with van der Waals surface area (Å²) in [7, 11) is 0. The molecule has 0 bridgehead atoms. The third-order valence-electron chi connectivity index (χ3n) is 1.22. The van der Waals surface area contributed by atoms with Gasteiger partial charge in [0.15, 0.2) is 5.65 Å². The predicted octanol–water partition coefficient (Wildman–Crippen LogP) is 1.07. The molecule has 0 saturated heterocycles. The number of fused-ring (bicyclic) bond motifs is 1. The van der Waals surface area contributed by atoms with Crippen molar-refractivity contribution in [3.63, 3.8) is 0 Å². The van der Waals surface area contributed by atoms with Crippen LogP contribution in [0.3, 0.4) is 0 Å². The Kier molecular flexibility index (Phi) is 1.30. The Bertz CT molecular complexity index is 426. The molecule has 0 spiro atoms. The molecule has 52 valence electrons. The van der Waals surface area contributed by atoms with Crippen molar-refractivity contribution >= 4 is 21.7 Å². The maximum absolute atomic E-state index is 5.11. The fraction of sp³-hybridized carbons (Fsp3) is 0. The van der Waals surface area contributed by atoms with E-state index in [9.17, 15) is 0 Å². The molecule has 3 nitrogen and oxygen atoms in total. The van der Waals surface area contributed by atoms with Gasteiger partial charge < -0.3 is 0 Å². The van der Waals surface area contributed by atoms with Crippen LogP contribution in [-0.4, -0.2) is 15.0 Å². The fourth-order valence-electron chi connectivity index (χ4n) is 0.740. The molecule has 0 fully saturated rings. The summed E-state index contributed by atoms with van der Waals surface area (Å²) in [5.74, 6) is 2.74. The van der Waals surface area contributed by atoms with Gasteiger partial charge in [-0.25, -0.2) is 9.97 Å². The molecule has 0 amide bonds. The van der Waals surface area contributed by atoms with E-state index in [1.807, 2.05) is 0 Å². The summed E-state index contributed by atoms with van der Waals surface area (Å²) in [6, 6.07) is 0. The Morgan fingerprint density at radius 2 is 2.36 bits per heavy atom. The van der Waals surface area contributed by atoms with Gasteiger partial charge in [0.05, 0.1) is 16.4 Å². The van der Waals surface area contributed by atoms with E-state index in [0.717, 1.165) is 4.70 Å². The van der Waals surface area contributed by atoms with Gasteiger partial charge in [0.1, 0.15) is 0 Å². The normalized spacial score (nSPS) is 9.73. The average Bonchev–Trinajstić information content (AvgIpc) is 2.50. The van der Waals surface area contributed by atoms with E-state index in [4.69, 9.17) is 6.42 Å². The Morgan fingerprint density at radius 3 is 3.18 bits per heavy atom. The van der Waals surface area contributed by atoms with Gasteiger partial charge >= 0.3 is 0 Å². The van der Waals surface area contributed by atoms with Gasteiger partial charge in [-0.1, -0.05) is 0 Å². The van der Waals surface area contributed by atoms with Gasteiger partial charge in [0, 0.05) is 0 Å². The zero-order valence-corrected chi connectivity index (χ0v) is 6.30. The first-order valence-corrected chi connectivity index (χ1v) is 3.81. The van der Waals surface area contributed by atoms with Gasteiger partial charge in [-0.3, -0.25) is 0 Å². The van der Waals surface area contributed by atoms with Gasteiger partial charge in [0.2, 0.25) is 5.82 Å². The monoisotopic (exact) mass is 161 g/mol. The van der Waals surface area contributed by atoms with Crippen LogP contribution >= 0.6 is 11.3 Å². The van der Waals surface area contributed by atoms with Crippen molar-refractivity contribution in [3.05, 3.63) is 17.5 Å². The van der Waals surface area contributed by atoms with Crippen molar-refractivity contribution < 1.29 is 0 Å². The summed E-state index contributed by atoms with van der Waals surface area (Å²) in [6.07, 6.45) is 6.80. The lowest BCUT2D eigenvalue weighted by atomic mass is 10.5. The van der Waals surface area contributed by atoms with Crippen molar-refractivity contribution in [2.75, 3.05) is 0 Å². The first-order chi connectivity index (χ1) is 5.40. The van der Waals surface area contributed by atoms with Crippen molar-refractivity contribution in [3.8, 4) is 12.3 Å². The Labute approximate surface area is 67.1 Å². The van der Waals surface area contributed by atoms with Crippen LogP contribution in [0.25, 0.3) is 10.3 Å². The molecule has 0 aliphatic carbocycles. The molecule has 0 atom stereocenters. The summed E-state index contributed by atoms with van der Waals surface area (Å²) < 4.78 is 0.962. The van der Waals surface area contributed by atoms with E-state index in [1.54, 1.807) is 11.7 Å². The fourth-order valence-corrected chi connectivity index (χ4v) is 1.32. The van der Waals surface area contributed by atoms with E-state index in [0.29, 0.717) is 11.5 Å². The summed E-state index contributed by atoms with van der Waals surface area (Å²) >= 11 is 1.50. The molecule has 2 aromatic heterocycles. The second kappa shape index (κ2) is 2.29. The molecule has 0 N–H and O–H groups in total. The van der Waals surface area contributed by atoms with E-state index < -0.39 is 0 Å². The minimum absolute atomic E-state index is 0.392. The van der Waals surface area contributed by atoms with Crippen molar-refractivity contribution in [1.82, 2.24) is 15.0 Å². The molecule has 2 aromatic rings. The topological polar surface area (TPSA) is 38.7 Å². The van der Waals surface area contributed by atoms with Crippen LogP contribution in [0.4, 0.5) is 0 Å². The predicted molar refractivity (Wildman–Crippen MR) is 43.1 cm³/mol. The van der Waals surface area contributed by atoms with Crippen molar-refractivity contribution in [2.24, 2.45) is 0 Å². The number of thiazole rings is 1. The second-order valence-electron chi connectivity index (χ2n) is 1.88. The summed E-state index contributed by atoms with van der Waals surface area (Å²) in [5.41, 5.74) is 2.40. The minimum Gasteiger partial charge on any atom is -0.228 e. The molecule has 0 aliphatic heterocycles. The average molecular weight is 161 g/mol. The molecular formula is C7H3N3S. The highest BCUT2D eigenvalue weighted by Crippen LogP contribution is 2.12. The first kappa shape index (κ1) is 6.25. The van der Waals surface area contributed by atoms with Crippen LogP contribution in [0.5, 0.6) is 0 Å². The first-order valence-electron chi connectivity index (χ1n) is 2.93. The molecule has 0 saturated carbocycles. The van der Waals surface area contributed by atoms with Crippen LogP contribution < -0.4 is 0 Å². The van der Waals surface area contributed by atoms with Gasteiger partial charge in [-0.05, 0) is 5.92 Å². The van der Waals surface area contributed by atoms with Gasteiger partial charge in [-0.2, -0.15) is 4.98 Å². The number of nitrogens with zero attached hydrogens (tertiary/aromatic N) is 3. The third kappa shape index (κ3) is 0.954. The van der Waals surface area contributed by atoms with Gasteiger partial charge in [0.25, 0.3) is 0 Å². The van der Waals surface area contributed by atoms with E-state index >= 15 is 0 Å². The van der Waals surface area contributed by atoms with Crippen molar-refractivity contribution in [1.29, 1.82) is 0 Å². The molecule has 2 rings (SSSR count). The Hall–Kier alpha value is -1.47. The van der Waals surface area contributed by atoms with Crippen LogP contribution in [-0.2, 0) is 0 Å². The standard InChI is InChI=1S/C7H3N3S/c1-2-6-8-3-5-7(10-6)9-4-11-5/h1,3-4H. The number of rotatable bonds is 0. The quantitative estimate of drug-likeness (QED) is 0.542. The zero-order chi connectivity index (χ0) is 7.68. The molecule has 0 unspecified atom stereocenters.